The maximum Gasteiger partial charge on any atom is 0.241 e. The zero-order valence-electron chi connectivity index (χ0n) is 15.7. The Kier molecular flexibility index (Phi) is 5.55. The molecule has 0 aliphatic carbocycles. The van der Waals surface area contributed by atoms with Crippen molar-refractivity contribution in [1.29, 1.82) is 0 Å². The van der Waals surface area contributed by atoms with Crippen molar-refractivity contribution in [3.63, 3.8) is 0 Å². The van der Waals surface area contributed by atoms with E-state index in [1.165, 1.54) is 5.56 Å². The predicted molar refractivity (Wildman–Crippen MR) is 104 cm³/mol. The van der Waals surface area contributed by atoms with Crippen molar-refractivity contribution < 1.29 is 4.52 Å². The van der Waals surface area contributed by atoms with Crippen LogP contribution >= 0.6 is 0 Å². The van der Waals surface area contributed by atoms with Crippen LogP contribution in [0.5, 0.6) is 0 Å². The first kappa shape index (κ1) is 17.8. The first-order valence-corrected chi connectivity index (χ1v) is 9.50. The van der Waals surface area contributed by atoms with Gasteiger partial charge in [0.05, 0.1) is 6.54 Å². The molecule has 0 atom stereocenters. The summed E-state index contributed by atoms with van der Waals surface area (Å²) in [6.45, 7) is 8.08. The van der Waals surface area contributed by atoms with Crippen LogP contribution in [-0.2, 0) is 13.0 Å². The summed E-state index contributed by atoms with van der Waals surface area (Å²) in [5.74, 6) is 1.37. The SMILES string of the molecule is Cc1ccccc1-c1noc(CN2CCN(CCc3ccncc3)CC2)n1. The molecule has 0 spiro atoms. The lowest BCUT2D eigenvalue weighted by Gasteiger charge is -2.33. The van der Waals surface area contributed by atoms with E-state index in [1.54, 1.807) is 0 Å². The van der Waals surface area contributed by atoms with Crippen LogP contribution in [0.15, 0.2) is 53.3 Å². The van der Waals surface area contributed by atoms with Crippen molar-refractivity contribution in [1.82, 2.24) is 24.9 Å². The molecule has 0 amide bonds. The molecule has 140 valence electrons. The second kappa shape index (κ2) is 8.41. The molecule has 3 aromatic rings. The Hall–Kier alpha value is -2.57. The first-order chi connectivity index (χ1) is 13.3. The molecule has 0 N–H and O–H groups in total. The highest BCUT2D eigenvalue weighted by molar-refractivity contribution is 5.58. The minimum absolute atomic E-state index is 0.680. The van der Waals surface area contributed by atoms with E-state index in [-0.39, 0.29) is 0 Å². The monoisotopic (exact) mass is 363 g/mol. The molecule has 0 unspecified atom stereocenters. The number of benzene rings is 1. The van der Waals surface area contributed by atoms with Crippen LogP contribution in [-0.4, -0.2) is 57.6 Å². The molecule has 27 heavy (non-hydrogen) atoms. The van der Waals surface area contributed by atoms with Gasteiger partial charge in [-0.05, 0) is 36.6 Å². The minimum atomic E-state index is 0.680. The maximum atomic E-state index is 5.49. The highest BCUT2D eigenvalue weighted by Crippen LogP contribution is 2.20. The van der Waals surface area contributed by atoms with Gasteiger partial charge in [-0.3, -0.25) is 9.88 Å². The summed E-state index contributed by atoms with van der Waals surface area (Å²) >= 11 is 0. The van der Waals surface area contributed by atoms with E-state index in [0.29, 0.717) is 11.7 Å². The molecule has 1 saturated heterocycles. The fourth-order valence-corrected chi connectivity index (χ4v) is 3.45. The standard InChI is InChI=1S/C21H25N5O/c1-17-4-2-3-5-19(17)21-23-20(27-24-21)16-26-14-12-25(13-15-26)11-8-18-6-9-22-10-7-18/h2-7,9-10H,8,11-16H2,1H3. The van der Waals surface area contributed by atoms with Crippen LogP contribution in [0.25, 0.3) is 11.4 Å². The van der Waals surface area contributed by atoms with E-state index in [2.05, 4.69) is 50.0 Å². The lowest BCUT2D eigenvalue weighted by atomic mass is 10.1. The number of piperazine rings is 1. The van der Waals surface area contributed by atoms with Crippen molar-refractivity contribution in [3.8, 4) is 11.4 Å². The Bertz CT molecular complexity index is 856. The number of pyridine rings is 1. The fourth-order valence-electron chi connectivity index (χ4n) is 3.45. The number of hydrogen-bond donors (Lipinski definition) is 0. The number of aromatic nitrogens is 3. The molecule has 3 heterocycles. The van der Waals surface area contributed by atoms with Crippen molar-refractivity contribution >= 4 is 0 Å². The number of nitrogens with zero attached hydrogens (tertiary/aromatic N) is 5. The van der Waals surface area contributed by atoms with Gasteiger partial charge < -0.3 is 9.42 Å². The van der Waals surface area contributed by atoms with Gasteiger partial charge in [0.1, 0.15) is 0 Å². The summed E-state index contributed by atoms with van der Waals surface area (Å²) in [6, 6.07) is 12.3. The first-order valence-electron chi connectivity index (χ1n) is 9.50. The van der Waals surface area contributed by atoms with Gasteiger partial charge >= 0.3 is 0 Å². The van der Waals surface area contributed by atoms with Gasteiger partial charge in [-0.25, -0.2) is 0 Å². The second-order valence-corrected chi connectivity index (χ2v) is 7.05. The van der Waals surface area contributed by atoms with Gasteiger partial charge in [-0.1, -0.05) is 29.4 Å². The molecule has 0 radical (unpaired) electrons. The van der Waals surface area contributed by atoms with Crippen LogP contribution < -0.4 is 0 Å². The van der Waals surface area contributed by atoms with Crippen LogP contribution in [0.2, 0.25) is 0 Å². The summed E-state index contributed by atoms with van der Waals surface area (Å²) in [4.78, 5) is 13.6. The molecule has 2 aromatic heterocycles. The molecule has 1 aliphatic rings. The number of rotatable bonds is 6. The molecule has 1 fully saturated rings. The Morgan fingerprint density at radius 2 is 1.70 bits per heavy atom. The molecule has 4 rings (SSSR count). The van der Waals surface area contributed by atoms with Crippen molar-refractivity contribution in [3.05, 3.63) is 65.8 Å². The minimum Gasteiger partial charge on any atom is -0.338 e. The smallest absolute Gasteiger partial charge is 0.241 e. The van der Waals surface area contributed by atoms with E-state index >= 15 is 0 Å². The Morgan fingerprint density at radius 3 is 2.48 bits per heavy atom. The van der Waals surface area contributed by atoms with E-state index in [0.717, 1.165) is 56.8 Å². The third kappa shape index (κ3) is 4.59. The molecular formula is C21H25N5O. The molecule has 1 aromatic carbocycles. The molecule has 0 saturated carbocycles. The van der Waals surface area contributed by atoms with Gasteiger partial charge in [0.15, 0.2) is 0 Å². The lowest BCUT2D eigenvalue weighted by Crippen LogP contribution is -2.46. The quantitative estimate of drug-likeness (QED) is 0.671. The van der Waals surface area contributed by atoms with Crippen LogP contribution in [0.4, 0.5) is 0 Å². The summed E-state index contributed by atoms with van der Waals surface area (Å²) in [6.07, 6.45) is 4.80. The second-order valence-electron chi connectivity index (χ2n) is 7.05. The summed E-state index contributed by atoms with van der Waals surface area (Å²) in [5, 5.41) is 4.16. The molecule has 1 aliphatic heterocycles. The van der Waals surface area contributed by atoms with Crippen LogP contribution in [0.3, 0.4) is 0 Å². The van der Waals surface area contributed by atoms with Crippen molar-refractivity contribution in [2.24, 2.45) is 0 Å². The molecule has 6 heteroatoms. The largest absolute Gasteiger partial charge is 0.338 e. The summed E-state index contributed by atoms with van der Waals surface area (Å²) < 4.78 is 5.49. The summed E-state index contributed by atoms with van der Waals surface area (Å²) in [5.41, 5.74) is 3.54. The third-order valence-electron chi connectivity index (χ3n) is 5.14. The van der Waals surface area contributed by atoms with E-state index in [4.69, 9.17) is 4.52 Å². The van der Waals surface area contributed by atoms with Crippen molar-refractivity contribution in [2.45, 2.75) is 19.9 Å². The number of aryl methyl sites for hydroxylation is 1. The Morgan fingerprint density at radius 1 is 0.963 bits per heavy atom. The molecule has 0 bridgehead atoms. The fraction of sp³-hybridized carbons (Fsp3) is 0.381. The van der Waals surface area contributed by atoms with Crippen molar-refractivity contribution in [2.75, 3.05) is 32.7 Å². The third-order valence-corrected chi connectivity index (χ3v) is 5.14. The van der Waals surface area contributed by atoms with Crippen LogP contribution in [0, 0.1) is 6.92 Å². The van der Waals surface area contributed by atoms with Gasteiger partial charge in [0.25, 0.3) is 0 Å². The maximum absolute atomic E-state index is 5.49. The lowest BCUT2D eigenvalue weighted by molar-refractivity contribution is 0.118. The average Bonchev–Trinajstić information content (AvgIpc) is 3.17. The van der Waals surface area contributed by atoms with Crippen LogP contribution in [0.1, 0.15) is 17.0 Å². The number of hydrogen-bond acceptors (Lipinski definition) is 6. The van der Waals surface area contributed by atoms with Gasteiger partial charge in [0, 0.05) is 50.7 Å². The Balaban J connectivity index is 1.27. The van der Waals surface area contributed by atoms with Gasteiger partial charge in [-0.2, -0.15) is 4.98 Å². The topological polar surface area (TPSA) is 58.3 Å². The zero-order valence-corrected chi connectivity index (χ0v) is 15.7. The van der Waals surface area contributed by atoms with Gasteiger partial charge in [-0.15, -0.1) is 0 Å². The van der Waals surface area contributed by atoms with E-state index in [9.17, 15) is 0 Å². The molecule has 6 nitrogen and oxygen atoms in total. The van der Waals surface area contributed by atoms with E-state index in [1.807, 2.05) is 30.6 Å². The normalized spacial score (nSPS) is 15.9. The molecular weight excluding hydrogens is 338 g/mol. The van der Waals surface area contributed by atoms with Gasteiger partial charge in [0.2, 0.25) is 11.7 Å². The predicted octanol–water partition coefficient (Wildman–Crippen LogP) is 2.80. The Labute approximate surface area is 159 Å². The highest BCUT2D eigenvalue weighted by Gasteiger charge is 2.19. The highest BCUT2D eigenvalue weighted by atomic mass is 16.5. The summed E-state index contributed by atoms with van der Waals surface area (Å²) in [7, 11) is 0. The average molecular weight is 363 g/mol. The zero-order chi connectivity index (χ0) is 18.5. The van der Waals surface area contributed by atoms with E-state index < -0.39 is 0 Å².